The van der Waals surface area contributed by atoms with Crippen molar-refractivity contribution < 1.29 is 13.6 Å². The maximum Gasteiger partial charge on any atom is 0.274 e. The number of anilines is 2. The molecule has 2 rings (SSSR count). The first-order valence-corrected chi connectivity index (χ1v) is 5.95. The third-order valence-electron chi connectivity index (χ3n) is 2.25. The third-order valence-corrected chi connectivity index (χ3v) is 2.71. The second-order valence-corrected chi connectivity index (χ2v) is 4.56. The molecule has 0 saturated heterocycles. The van der Waals surface area contributed by atoms with Crippen molar-refractivity contribution in [3.05, 3.63) is 52.1 Å². The number of carbonyl (C=O) groups excluding carboxylic acids is 1. The Morgan fingerprint density at radius 1 is 1.26 bits per heavy atom. The summed E-state index contributed by atoms with van der Waals surface area (Å²) in [5.41, 5.74) is 4.87. The fourth-order valence-electron chi connectivity index (χ4n) is 1.42. The zero-order valence-corrected chi connectivity index (χ0v) is 11.0. The van der Waals surface area contributed by atoms with Crippen LogP contribution in [0.1, 0.15) is 10.5 Å². The Kier molecular flexibility index (Phi) is 3.75. The van der Waals surface area contributed by atoms with Gasteiger partial charge in [0.25, 0.3) is 5.91 Å². The van der Waals surface area contributed by atoms with Crippen molar-refractivity contribution in [2.75, 3.05) is 11.1 Å². The Labute approximate surface area is 115 Å². The summed E-state index contributed by atoms with van der Waals surface area (Å²) in [6.45, 7) is 0. The van der Waals surface area contributed by atoms with Gasteiger partial charge in [0.15, 0.2) is 11.6 Å². The van der Waals surface area contributed by atoms with Crippen molar-refractivity contribution in [1.82, 2.24) is 4.98 Å². The van der Waals surface area contributed by atoms with Crippen LogP contribution in [0.3, 0.4) is 0 Å². The van der Waals surface area contributed by atoms with Gasteiger partial charge in [-0.25, -0.2) is 13.8 Å². The smallest absolute Gasteiger partial charge is 0.274 e. The van der Waals surface area contributed by atoms with Crippen LogP contribution in [0.4, 0.5) is 20.3 Å². The summed E-state index contributed by atoms with van der Waals surface area (Å²) in [6.07, 6.45) is 0. The van der Waals surface area contributed by atoms with E-state index in [2.05, 4.69) is 26.2 Å². The number of amides is 1. The number of nitrogens with zero attached hydrogens (tertiary/aromatic N) is 1. The number of nitrogen functional groups attached to an aromatic ring is 1. The molecule has 1 aromatic carbocycles. The molecule has 0 fully saturated rings. The van der Waals surface area contributed by atoms with E-state index >= 15 is 0 Å². The standard InChI is InChI=1S/C12H8BrF2N3O/c13-6-4-7(14)11(8(15)5-6)18-12(19)9-2-1-3-10(16)17-9/h1-5H,(H2,16,17)(H,18,19). The summed E-state index contributed by atoms with van der Waals surface area (Å²) in [7, 11) is 0. The number of nitrogens with two attached hydrogens (primary N) is 1. The molecule has 0 radical (unpaired) electrons. The van der Waals surface area contributed by atoms with E-state index in [4.69, 9.17) is 5.73 Å². The molecule has 7 heteroatoms. The minimum atomic E-state index is -0.885. The SMILES string of the molecule is Nc1cccc(C(=O)Nc2c(F)cc(Br)cc2F)n1. The Morgan fingerprint density at radius 3 is 2.47 bits per heavy atom. The van der Waals surface area contributed by atoms with E-state index in [1.54, 1.807) is 0 Å². The van der Waals surface area contributed by atoms with Crippen molar-refractivity contribution in [3.63, 3.8) is 0 Å². The number of pyridine rings is 1. The van der Waals surface area contributed by atoms with Gasteiger partial charge in [-0.2, -0.15) is 0 Å². The molecule has 19 heavy (non-hydrogen) atoms. The Morgan fingerprint density at radius 2 is 1.89 bits per heavy atom. The molecule has 0 aliphatic heterocycles. The third kappa shape index (κ3) is 3.05. The van der Waals surface area contributed by atoms with Crippen LogP contribution in [-0.2, 0) is 0 Å². The van der Waals surface area contributed by atoms with Crippen LogP contribution in [0.5, 0.6) is 0 Å². The highest BCUT2D eigenvalue weighted by molar-refractivity contribution is 9.10. The van der Waals surface area contributed by atoms with Crippen molar-refractivity contribution >= 4 is 33.3 Å². The first kappa shape index (κ1) is 13.4. The molecule has 0 atom stereocenters. The molecular formula is C12H8BrF2N3O. The summed E-state index contributed by atoms with van der Waals surface area (Å²) in [4.78, 5) is 15.5. The molecule has 1 heterocycles. The second-order valence-electron chi connectivity index (χ2n) is 3.65. The van der Waals surface area contributed by atoms with Gasteiger partial charge in [0.1, 0.15) is 17.2 Å². The van der Waals surface area contributed by atoms with Crippen LogP contribution in [0.25, 0.3) is 0 Å². The lowest BCUT2D eigenvalue weighted by Gasteiger charge is -2.08. The predicted octanol–water partition coefficient (Wildman–Crippen LogP) is 2.96. The number of nitrogens with one attached hydrogen (secondary N) is 1. The summed E-state index contributed by atoms with van der Waals surface area (Å²) >= 11 is 2.95. The summed E-state index contributed by atoms with van der Waals surface area (Å²) in [5, 5.41) is 2.12. The lowest BCUT2D eigenvalue weighted by atomic mass is 10.2. The van der Waals surface area contributed by atoms with Gasteiger partial charge in [0.2, 0.25) is 0 Å². The van der Waals surface area contributed by atoms with E-state index < -0.39 is 23.2 Å². The van der Waals surface area contributed by atoms with Gasteiger partial charge < -0.3 is 11.1 Å². The number of halogens is 3. The fourth-order valence-corrected chi connectivity index (χ4v) is 1.82. The molecule has 1 aromatic heterocycles. The van der Waals surface area contributed by atoms with E-state index in [-0.39, 0.29) is 16.0 Å². The molecule has 2 aromatic rings. The minimum Gasteiger partial charge on any atom is -0.384 e. The molecule has 3 N–H and O–H groups in total. The summed E-state index contributed by atoms with van der Waals surface area (Å²) in [5.74, 6) is -2.37. The van der Waals surface area contributed by atoms with Crippen LogP contribution < -0.4 is 11.1 Å². The quantitative estimate of drug-likeness (QED) is 0.891. The molecule has 98 valence electrons. The fraction of sp³-hybridized carbons (Fsp3) is 0. The topological polar surface area (TPSA) is 68.0 Å². The average molecular weight is 328 g/mol. The molecule has 0 aliphatic carbocycles. The van der Waals surface area contributed by atoms with Crippen LogP contribution in [0, 0.1) is 11.6 Å². The number of rotatable bonds is 2. The largest absolute Gasteiger partial charge is 0.384 e. The number of hydrogen-bond acceptors (Lipinski definition) is 3. The zero-order chi connectivity index (χ0) is 14.0. The predicted molar refractivity (Wildman–Crippen MR) is 70.7 cm³/mol. The van der Waals surface area contributed by atoms with E-state index in [9.17, 15) is 13.6 Å². The van der Waals surface area contributed by atoms with Gasteiger partial charge in [0, 0.05) is 4.47 Å². The molecular weight excluding hydrogens is 320 g/mol. The molecule has 0 spiro atoms. The Hall–Kier alpha value is -2.02. The van der Waals surface area contributed by atoms with Crippen LogP contribution in [0.2, 0.25) is 0 Å². The zero-order valence-electron chi connectivity index (χ0n) is 9.45. The minimum absolute atomic E-state index is 0.0262. The maximum atomic E-state index is 13.5. The van der Waals surface area contributed by atoms with E-state index in [0.717, 1.165) is 12.1 Å². The van der Waals surface area contributed by atoms with E-state index in [1.165, 1.54) is 18.2 Å². The number of carbonyl (C=O) groups is 1. The van der Waals surface area contributed by atoms with Crippen molar-refractivity contribution in [2.45, 2.75) is 0 Å². The molecule has 0 aliphatic rings. The van der Waals surface area contributed by atoms with E-state index in [1.807, 2.05) is 0 Å². The number of hydrogen-bond donors (Lipinski definition) is 2. The lowest BCUT2D eigenvalue weighted by molar-refractivity contribution is 0.102. The van der Waals surface area contributed by atoms with Crippen LogP contribution in [0.15, 0.2) is 34.8 Å². The van der Waals surface area contributed by atoms with Gasteiger partial charge >= 0.3 is 0 Å². The highest BCUT2D eigenvalue weighted by Crippen LogP contribution is 2.24. The van der Waals surface area contributed by atoms with Gasteiger partial charge in [-0.1, -0.05) is 22.0 Å². The highest BCUT2D eigenvalue weighted by Gasteiger charge is 2.15. The number of benzene rings is 1. The van der Waals surface area contributed by atoms with Crippen molar-refractivity contribution in [2.24, 2.45) is 0 Å². The molecule has 1 amide bonds. The maximum absolute atomic E-state index is 13.5. The van der Waals surface area contributed by atoms with E-state index in [0.29, 0.717) is 0 Å². The van der Waals surface area contributed by atoms with Gasteiger partial charge in [-0.3, -0.25) is 4.79 Å². The summed E-state index contributed by atoms with van der Waals surface area (Å²) in [6, 6.07) is 6.50. The van der Waals surface area contributed by atoms with Gasteiger partial charge in [-0.05, 0) is 24.3 Å². The monoisotopic (exact) mass is 327 g/mol. The number of aromatic nitrogens is 1. The molecule has 0 unspecified atom stereocenters. The van der Waals surface area contributed by atoms with Crippen molar-refractivity contribution in [3.8, 4) is 0 Å². The average Bonchev–Trinajstić information content (AvgIpc) is 2.33. The first-order chi connectivity index (χ1) is 8.97. The normalized spacial score (nSPS) is 10.3. The molecule has 0 bridgehead atoms. The van der Waals surface area contributed by atoms with Crippen LogP contribution >= 0.6 is 15.9 Å². The summed E-state index contributed by atoms with van der Waals surface area (Å²) < 4.78 is 27.3. The highest BCUT2D eigenvalue weighted by atomic mass is 79.9. The molecule has 4 nitrogen and oxygen atoms in total. The Balaban J connectivity index is 2.29. The van der Waals surface area contributed by atoms with Gasteiger partial charge in [-0.15, -0.1) is 0 Å². The lowest BCUT2D eigenvalue weighted by Crippen LogP contribution is -2.16. The van der Waals surface area contributed by atoms with Crippen molar-refractivity contribution in [1.29, 1.82) is 0 Å². The molecule has 0 saturated carbocycles. The second kappa shape index (κ2) is 5.31. The first-order valence-electron chi connectivity index (χ1n) is 5.16. The Bertz CT molecular complexity index is 626. The van der Waals surface area contributed by atoms with Crippen LogP contribution in [-0.4, -0.2) is 10.9 Å². The van der Waals surface area contributed by atoms with Gasteiger partial charge in [0.05, 0.1) is 0 Å².